The molecule has 0 spiro atoms. The first-order valence-electron chi connectivity index (χ1n) is 11.7. The van der Waals surface area contributed by atoms with Crippen LogP contribution in [0.2, 0.25) is 5.02 Å². The zero-order valence-corrected chi connectivity index (χ0v) is 22.4. The summed E-state index contributed by atoms with van der Waals surface area (Å²) in [5.74, 6) is -0.0284. The number of amides is 1. The van der Waals surface area contributed by atoms with Crippen molar-refractivity contribution in [2.45, 2.75) is 18.7 Å². The number of pyridine rings is 1. The number of aromatic nitrogens is 1. The topological polar surface area (TPSA) is 112 Å². The van der Waals surface area contributed by atoms with E-state index in [2.05, 4.69) is 4.98 Å². The molecule has 0 radical (unpaired) electrons. The fourth-order valence-electron chi connectivity index (χ4n) is 3.37. The van der Waals surface area contributed by atoms with Crippen molar-refractivity contribution >= 4 is 39.3 Å². The van der Waals surface area contributed by atoms with E-state index in [1.54, 1.807) is 62.6 Å². The van der Waals surface area contributed by atoms with Gasteiger partial charge in [0.2, 0.25) is 0 Å². The summed E-state index contributed by atoms with van der Waals surface area (Å²) < 4.78 is 42.7. The van der Waals surface area contributed by atoms with E-state index < -0.39 is 22.1 Å². The van der Waals surface area contributed by atoms with E-state index >= 15 is 0 Å². The van der Waals surface area contributed by atoms with Gasteiger partial charge in [-0.05, 0) is 67.4 Å². The molecule has 0 aliphatic rings. The average Bonchev–Trinajstić information content (AvgIpc) is 2.91. The Morgan fingerprint density at radius 2 is 1.63 bits per heavy atom. The van der Waals surface area contributed by atoms with Crippen molar-refractivity contribution in [3.8, 4) is 5.75 Å². The normalized spacial score (nSPS) is 11.5. The molecule has 2 aromatic carbocycles. The number of hydrogen-bond donors (Lipinski definition) is 0. The van der Waals surface area contributed by atoms with E-state index in [1.807, 2.05) is 6.07 Å². The third-order valence-electron chi connectivity index (χ3n) is 5.13. The van der Waals surface area contributed by atoms with Crippen LogP contribution in [0.5, 0.6) is 5.75 Å². The molecule has 0 bridgehead atoms. The second-order valence-corrected chi connectivity index (χ2v) is 9.97. The molecule has 0 aliphatic carbocycles. The highest BCUT2D eigenvalue weighted by atomic mass is 35.5. The molecule has 1 heterocycles. The fourth-order valence-corrected chi connectivity index (χ4v) is 4.75. The van der Waals surface area contributed by atoms with Crippen LogP contribution in [0.25, 0.3) is 5.57 Å². The zero-order valence-electron chi connectivity index (χ0n) is 20.9. The molecule has 11 heteroatoms. The Morgan fingerprint density at radius 1 is 0.947 bits per heavy atom. The summed E-state index contributed by atoms with van der Waals surface area (Å²) in [4.78, 5) is 28.4. The van der Waals surface area contributed by atoms with E-state index in [0.717, 1.165) is 0 Å². The molecule has 3 rings (SSSR count). The SMILES string of the molecule is CCOC(=O)COc1ccc(/C(=C/CN(C(=O)OCC)S(=O)(=O)c2ccc(Cl)cc2)c2cccnc2)cc1. The van der Waals surface area contributed by atoms with Gasteiger partial charge in [0.05, 0.1) is 24.7 Å². The summed E-state index contributed by atoms with van der Waals surface area (Å²) in [5, 5.41) is 0.361. The van der Waals surface area contributed by atoms with Gasteiger partial charge in [0, 0.05) is 23.0 Å². The van der Waals surface area contributed by atoms with E-state index in [-0.39, 0.29) is 31.3 Å². The minimum atomic E-state index is -4.25. The van der Waals surface area contributed by atoms with Crippen LogP contribution < -0.4 is 4.74 Å². The maximum atomic E-state index is 13.3. The van der Waals surface area contributed by atoms with Crippen LogP contribution in [0, 0.1) is 0 Å². The first-order valence-corrected chi connectivity index (χ1v) is 13.5. The number of hydrogen-bond acceptors (Lipinski definition) is 8. The molecule has 9 nitrogen and oxygen atoms in total. The largest absolute Gasteiger partial charge is 0.482 e. The van der Waals surface area contributed by atoms with Gasteiger partial charge < -0.3 is 14.2 Å². The molecular formula is C27H27ClN2O7S. The van der Waals surface area contributed by atoms with Crippen LogP contribution in [-0.2, 0) is 24.3 Å². The summed E-state index contributed by atoms with van der Waals surface area (Å²) in [6.07, 6.45) is 3.84. The van der Waals surface area contributed by atoms with Gasteiger partial charge >= 0.3 is 12.1 Å². The molecule has 200 valence electrons. The highest BCUT2D eigenvalue weighted by molar-refractivity contribution is 7.89. The zero-order chi connectivity index (χ0) is 27.5. The quantitative estimate of drug-likeness (QED) is 0.304. The fraction of sp³-hybridized carbons (Fsp3) is 0.222. The molecule has 0 unspecified atom stereocenters. The number of halogens is 1. The van der Waals surface area contributed by atoms with Crippen molar-refractivity contribution in [1.29, 1.82) is 0 Å². The van der Waals surface area contributed by atoms with Crippen LogP contribution >= 0.6 is 11.6 Å². The van der Waals surface area contributed by atoms with Gasteiger partial charge in [-0.15, -0.1) is 0 Å². The molecule has 0 N–H and O–H groups in total. The Morgan fingerprint density at radius 3 is 2.24 bits per heavy atom. The number of carbonyl (C=O) groups is 2. The van der Waals surface area contributed by atoms with Crippen molar-refractivity contribution in [2.24, 2.45) is 0 Å². The van der Waals surface area contributed by atoms with Gasteiger partial charge in [0.25, 0.3) is 10.0 Å². The highest BCUT2D eigenvalue weighted by Gasteiger charge is 2.30. The smallest absolute Gasteiger partial charge is 0.424 e. The van der Waals surface area contributed by atoms with E-state index in [9.17, 15) is 18.0 Å². The van der Waals surface area contributed by atoms with Crippen LogP contribution in [-0.4, -0.2) is 56.1 Å². The molecule has 1 amide bonds. The molecule has 0 saturated heterocycles. The maximum absolute atomic E-state index is 13.3. The van der Waals surface area contributed by atoms with Crippen molar-refractivity contribution in [2.75, 3.05) is 26.4 Å². The Balaban J connectivity index is 1.95. The van der Waals surface area contributed by atoms with E-state index in [0.29, 0.717) is 31.8 Å². The molecule has 0 saturated carbocycles. The molecular weight excluding hydrogens is 532 g/mol. The maximum Gasteiger partial charge on any atom is 0.424 e. The molecule has 38 heavy (non-hydrogen) atoms. The van der Waals surface area contributed by atoms with Crippen molar-refractivity contribution in [1.82, 2.24) is 9.29 Å². The Hall–Kier alpha value is -3.89. The number of nitrogens with zero attached hydrogens (tertiary/aromatic N) is 2. The number of sulfonamides is 1. The summed E-state index contributed by atoms with van der Waals surface area (Å²) in [7, 11) is -4.25. The molecule has 0 fully saturated rings. The number of ether oxygens (including phenoxy) is 3. The van der Waals surface area contributed by atoms with E-state index in [4.69, 9.17) is 25.8 Å². The first-order chi connectivity index (χ1) is 18.3. The van der Waals surface area contributed by atoms with Gasteiger partial charge in [-0.1, -0.05) is 35.9 Å². The van der Waals surface area contributed by atoms with Crippen molar-refractivity contribution in [3.63, 3.8) is 0 Å². The Bertz CT molecular complexity index is 1360. The standard InChI is InChI=1S/C27H27ClN2O7S/c1-3-35-26(31)19-37-23-11-7-20(8-12-23)25(21-6-5-16-29-18-21)15-17-30(27(32)36-4-2)38(33,34)24-13-9-22(28)10-14-24/h5-16,18H,3-4,17,19H2,1-2H3/b25-15-. The first kappa shape index (κ1) is 28.7. The Kier molecular flexibility index (Phi) is 10.3. The minimum Gasteiger partial charge on any atom is -0.482 e. The lowest BCUT2D eigenvalue weighted by molar-refractivity contribution is -0.145. The monoisotopic (exact) mass is 558 g/mol. The molecule has 3 aromatic rings. The summed E-state index contributed by atoms with van der Waals surface area (Å²) in [5.41, 5.74) is 2.02. The molecule has 1 aromatic heterocycles. The summed E-state index contributed by atoms with van der Waals surface area (Å²) in [6.45, 7) is 3.02. The van der Waals surface area contributed by atoms with Gasteiger partial charge in [-0.2, -0.15) is 4.31 Å². The number of rotatable bonds is 11. The van der Waals surface area contributed by atoms with Gasteiger partial charge in [0.15, 0.2) is 6.61 Å². The van der Waals surface area contributed by atoms with Crippen LogP contribution in [0.1, 0.15) is 25.0 Å². The summed E-state index contributed by atoms with van der Waals surface area (Å²) in [6, 6.07) is 15.9. The third-order valence-corrected chi connectivity index (χ3v) is 7.13. The second-order valence-electron chi connectivity index (χ2n) is 7.67. The third kappa shape index (κ3) is 7.56. The lowest BCUT2D eigenvalue weighted by Gasteiger charge is -2.21. The van der Waals surface area contributed by atoms with Gasteiger partial charge in [-0.25, -0.2) is 18.0 Å². The van der Waals surface area contributed by atoms with Gasteiger partial charge in [-0.3, -0.25) is 4.98 Å². The predicted molar refractivity (Wildman–Crippen MR) is 142 cm³/mol. The molecule has 0 atom stereocenters. The highest BCUT2D eigenvalue weighted by Crippen LogP contribution is 2.26. The molecule has 0 aliphatic heterocycles. The van der Waals surface area contributed by atoms with Crippen LogP contribution in [0.4, 0.5) is 4.79 Å². The lowest BCUT2D eigenvalue weighted by Crippen LogP contribution is -2.37. The lowest BCUT2D eigenvalue weighted by atomic mass is 9.99. The second kappa shape index (κ2) is 13.6. The van der Waals surface area contributed by atoms with E-state index in [1.165, 1.54) is 24.3 Å². The summed E-state index contributed by atoms with van der Waals surface area (Å²) >= 11 is 5.91. The average molecular weight is 559 g/mol. The van der Waals surface area contributed by atoms with Crippen molar-refractivity contribution in [3.05, 3.63) is 95.3 Å². The number of benzene rings is 2. The van der Waals surface area contributed by atoms with Crippen molar-refractivity contribution < 1.29 is 32.2 Å². The Labute approximate surface area is 226 Å². The predicted octanol–water partition coefficient (Wildman–Crippen LogP) is 4.96. The minimum absolute atomic E-state index is 0.00207. The van der Waals surface area contributed by atoms with Crippen LogP contribution in [0.3, 0.4) is 0 Å². The van der Waals surface area contributed by atoms with Crippen LogP contribution in [0.15, 0.2) is 84.0 Å². The number of esters is 1. The van der Waals surface area contributed by atoms with Gasteiger partial charge in [0.1, 0.15) is 5.75 Å². The number of carbonyl (C=O) groups excluding carboxylic acids is 2.